The number of fused-ring (bicyclic) bond motifs is 7. The van der Waals surface area contributed by atoms with Gasteiger partial charge >= 0.3 is 211 Å². The van der Waals surface area contributed by atoms with E-state index in [0.717, 1.165) is 11.4 Å². The summed E-state index contributed by atoms with van der Waals surface area (Å²) in [4.78, 5) is 2.40. The summed E-state index contributed by atoms with van der Waals surface area (Å²) in [5, 5.41) is 7.75. The first-order chi connectivity index (χ1) is 24.3. The molecule has 0 atom stereocenters. The van der Waals surface area contributed by atoms with Crippen molar-refractivity contribution in [2.75, 3.05) is 4.90 Å². The molecule has 2 nitrogen and oxygen atoms in total. The minimum atomic E-state index is 0.340. The van der Waals surface area contributed by atoms with Gasteiger partial charge in [0.2, 0.25) is 0 Å². The van der Waals surface area contributed by atoms with E-state index in [1.54, 1.807) is 0 Å². The SMILES string of the molecule is c1ccc(-n2c3ccccc3c3ccc(-c4ccc(N(c5ccc6ccccc6c5)c5ccc6[se]c7ccccc7c6c5)cc4)cc32)cc1. The first-order valence-electron chi connectivity index (χ1n) is 16.7. The van der Waals surface area contributed by atoms with Crippen LogP contribution < -0.4 is 4.90 Å². The molecular formula is C46H30N2Se. The fourth-order valence-corrected chi connectivity index (χ4v) is 9.70. The van der Waals surface area contributed by atoms with Crippen LogP contribution in [0.15, 0.2) is 182 Å². The summed E-state index contributed by atoms with van der Waals surface area (Å²) in [5.41, 5.74) is 9.46. The minimum absolute atomic E-state index is 0.340. The molecule has 10 aromatic rings. The van der Waals surface area contributed by atoms with Gasteiger partial charge in [0.05, 0.1) is 5.52 Å². The van der Waals surface area contributed by atoms with Gasteiger partial charge in [-0.15, -0.1) is 0 Å². The predicted octanol–water partition coefficient (Wildman–Crippen LogP) is 12.4. The zero-order chi connectivity index (χ0) is 32.3. The van der Waals surface area contributed by atoms with Crippen molar-refractivity contribution < 1.29 is 0 Å². The predicted molar refractivity (Wildman–Crippen MR) is 210 cm³/mol. The molecule has 0 bridgehead atoms. The van der Waals surface area contributed by atoms with Crippen molar-refractivity contribution in [3.8, 4) is 16.8 Å². The Morgan fingerprint density at radius 2 is 1.00 bits per heavy atom. The molecule has 0 unspecified atom stereocenters. The maximum atomic E-state index is 2.40. The summed E-state index contributed by atoms with van der Waals surface area (Å²) in [5.74, 6) is 0. The number of benzene rings is 8. The third-order valence-electron chi connectivity index (χ3n) is 9.76. The molecule has 0 aliphatic rings. The van der Waals surface area contributed by atoms with Gasteiger partial charge in [0, 0.05) is 16.5 Å². The second-order valence-electron chi connectivity index (χ2n) is 12.6. The Kier molecular flexibility index (Phi) is 6.55. The Balaban J connectivity index is 1.11. The molecule has 230 valence electrons. The van der Waals surface area contributed by atoms with E-state index in [1.165, 1.54) is 74.4 Å². The number of hydrogen-bond donors (Lipinski definition) is 0. The van der Waals surface area contributed by atoms with Crippen LogP contribution in [0, 0.1) is 0 Å². The van der Waals surface area contributed by atoms with E-state index >= 15 is 0 Å². The van der Waals surface area contributed by atoms with Crippen LogP contribution in [0.3, 0.4) is 0 Å². The Morgan fingerprint density at radius 3 is 1.88 bits per heavy atom. The summed E-state index contributed by atoms with van der Waals surface area (Å²) >= 11 is 0.340. The quantitative estimate of drug-likeness (QED) is 0.163. The van der Waals surface area contributed by atoms with Gasteiger partial charge < -0.3 is 4.57 Å². The van der Waals surface area contributed by atoms with Crippen molar-refractivity contribution >= 4 is 83.4 Å². The van der Waals surface area contributed by atoms with Gasteiger partial charge in [-0.05, 0) is 18.2 Å². The first-order valence-corrected chi connectivity index (χ1v) is 18.4. The van der Waals surface area contributed by atoms with Gasteiger partial charge in [0.1, 0.15) is 0 Å². The van der Waals surface area contributed by atoms with Gasteiger partial charge in [0.15, 0.2) is 0 Å². The number of rotatable bonds is 5. The van der Waals surface area contributed by atoms with E-state index in [4.69, 9.17) is 0 Å². The Hall–Kier alpha value is -5.86. The van der Waals surface area contributed by atoms with Crippen LogP contribution in [0.5, 0.6) is 0 Å². The third kappa shape index (κ3) is 4.70. The van der Waals surface area contributed by atoms with E-state index in [2.05, 4.69) is 191 Å². The molecule has 2 aromatic heterocycles. The van der Waals surface area contributed by atoms with Crippen molar-refractivity contribution in [1.29, 1.82) is 0 Å². The minimum Gasteiger partial charge on any atom is -0.0602 e. The molecule has 0 amide bonds. The van der Waals surface area contributed by atoms with Crippen LogP contribution >= 0.6 is 0 Å². The number of anilines is 3. The summed E-state index contributed by atoms with van der Waals surface area (Å²) in [6, 6.07) is 66.7. The molecule has 0 aliphatic heterocycles. The average molecular weight is 690 g/mol. The number of nitrogens with zero attached hydrogens (tertiary/aromatic N) is 2. The Bertz CT molecular complexity index is 2830. The number of para-hydroxylation sites is 2. The first kappa shape index (κ1) is 28.2. The van der Waals surface area contributed by atoms with Crippen LogP contribution in [-0.2, 0) is 0 Å². The molecule has 0 radical (unpaired) electrons. The molecule has 2 heterocycles. The van der Waals surface area contributed by atoms with Crippen molar-refractivity contribution in [3.63, 3.8) is 0 Å². The number of hydrogen-bond acceptors (Lipinski definition) is 1. The normalized spacial score (nSPS) is 11.7. The molecule has 0 aliphatic carbocycles. The molecule has 0 spiro atoms. The van der Waals surface area contributed by atoms with Gasteiger partial charge in [-0.3, -0.25) is 0 Å². The number of aromatic nitrogens is 1. The van der Waals surface area contributed by atoms with Gasteiger partial charge in [-0.25, -0.2) is 0 Å². The molecular weight excluding hydrogens is 659 g/mol. The topological polar surface area (TPSA) is 8.17 Å². The van der Waals surface area contributed by atoms with E-state index in [0.29, 0.717) is 14.5 Å². The zero-order valence-corrected chi connectivity index (χ0v) is 28.3. The molecule has 3 heteroatoms. The fraction of sp³-hybridized carbons (Fsp3) is 0. The zero-order valence-electron chi connectivity index (χ0n) is 26.6. The maximum absolute atomic E-state index is 2.40. The van der Waals surface area contributed by atoms with E-state index in [9.17, 15) is 0 Å². The summed E-state index contributed by atoms with van der Waals surface area (Å²) in [7, 11) is 0. The summed E-state index contributed by atoms with van der Waals surface area (Å²) in [6.07, 6.45) is 0. The van der Waals surface area contributed by atoms with Crippen LogP contribution in [0.1, 0.15) is 0 Å². The van der Waals surface area contributed by atoms with Crippen LogP contribution in [0.4, 0.5) is 17.1 Å². The average Bonchev–Trinajstić information content (AvgIpc) is 3.71. The molecule has 0 saturated carbocycles. The van der Waals surface area contributed by atoms with E-state index in [1.807, 2.05) is 0 Å². The van der Waals surface area contributed by atoms with Crippen LogP contribution in [-0.4, -0.2) is 19.1 Å². The van der Waals surface area contributed by atoms with Crippen LogP contribution in [0.2, 0.25) is 0 Å². The van der Waals surface area contributed by atoms with Gasteiger partial charge in [0.25, 0.3) is 0 Å². The van der Waals surface area contributed by atoms with E-state index < -0.39 is 0 Å². The van der Waals surface area contributed by atoms with Crippen LogP contribution in [0.25, 0.3) is 68.7 Å². The smallest absolute Gasteiger partial charge is 0.0602 e. The monoisotopic (exact) mass is 690 g/mol. The summed E-state index contributed by atoms with van der Waals surface area (Å²) in [6.45, 7) is 0. The Labute approximate surface area is 290 Å². The molecule has 0 fully saturated rings. The van der Waals surface area contributed by atoms with Crippen molar-refractivity contribution in [2.45, 2.75) is 0 Å². The van der Waals surface area contributed by atoms with Crippen molar-refractivity contribution in [2.24, 2.45) is 0 Å². The molecule has 0 N–H and O–H groups in total. The molecule has 49 heavy (non-hydrogen) atoms. The summed E-state index contributed by atoms with van der Waals surface area (Å²) < 4.78 is 5.30. The third-order valence-corrected chi connectivity index (χ3v) is 12.2. The van der Waals surface area contributed by atoms with E-state index in [-0.39, 0.29) is 0 Å². The second kappa shape index (κ2) is 11.4. The standard InChI is InChI=1S/C46H30N2Se/c1-2-12-35(13-3-1)48-43-16-8-6-14-39(43)40-26-21-34(29-44(40)48)32-18-22-36(23-19-32)47(37-24-20-31-10-4-5-11-33(31)28-37)38-25-27-46-42(30-38)41-15-7-9-17-45(41)49-46/h1-30H. The molecule has 10 rings (SSSR count). The van der Waals surface area contributed by atoms with Crippen molar-refractivity contribution in [3.05, 3.63) is 182 Å². The second-order valence-corrected chi connectivity index (χ2v) is 14.9. The van der Waals surface area contributed by atoms with Crippen molar-refractivity contribution in [1.82, 2.24) is 4.57 Å². The molecule has 8 aromatic carbocycles. The molecule has 0 saturated heterocycles. The Morgan fingerprint density at radius 1 is 0.367 bits per heavy atom. The van der Waals surface area contributed by atoms with Gasteiger partial charge in [-0.2, -0.15) is 0 Å². The van der Waals surface area contributed by atoms with Gasteiger partial charge in [-0.1, -0.05) is 36.4 Å². The fourth-order valence-electron chi connectivity index (χ4n) is 7.42.